The van der Waals surface area contributed by atoms with Gasteiger partial charge in [-0.2, -0.15) is 0 Å². The monoisotopic (exact) mass is 311 g/mol. The SMILES string of the molecule is c1ccc(OCCCSc2n[nH]c(-c3ccccc3)n2)cc1. The van der Waals surface area contributed by atoms with Crippen LogP contribution in [0.2, 0.25) is 0 Å². The fraction of sp³-hybridized carbons (Fsp3) is 0.176. The van der Waals surface area contributed by atoms with E-state index in [0.717, 1.165) is 34.5 Å². The Labute approximate surface area is 133 Å². The Morgan fingerprint density at radius 1 is 0.955 bits per heavy atom. The van der Waals surface area contributed by atoms with Crippen molar-refractivity contribution >= 4 is 11.8 Å². The van der Waals surface area contributed by atoms with Gasteiger partial charge in [0.05, 0.1) is 6.61 Å². The molecule has 0 aliphatic rings. The van der Waals surface area contributed by atoms with E-state index in [0.29, 0.717) is 6.61 Å². The zero-order valence-corrected chi connectivity index (χ0v) is 12.9. The number of aromatic amines is 1. The zero-order valence-electron chi connectivity index (χ0n) is 12.1. The highest BCUT2D eigenvalue weighted by Gasteiger charge is 2.05. The van der Waals surface area contributed by atoms with Crippen molar-refractivity contribution in [3.05, 3.63) is 60.7 Å². The quantitative estimate of drug-likeness (QED) is 0.528. The minimum Gasteiger partial charge on any atom is -0.494 e. The van der Waals surface area contributed by atoms with Gasteiger partial charge < -0.3 is 4.74 Å². The summed E-state index contributed by atoms with van der Waals surface area (Å²) in [6.45, 7) is 0.701. The molecule has 0 saturated carbocycles. The first-order valence-electron chi connectivity index (χ1n) is 7.20. The van der Waals surface area contributed by atoms with Crippen molar-refractivity contribution in [2.24, 2.45) is 0 Å². The van der Waals surface area contributed by atoms with Gasteiger partial charge in [0.1, 0.15) is 5.75 Å². The Morgan fingerprint density at radius 2 is 1.68 bits per heavy atom. The van der Waals surface area contributed by atoms with Crippen LogP contribution >= 0.6 is 11.8 Å². The second-order valence-corrected chi connectivity index (χ2v) is 5.76. The molecule has 1 heterocycles. The summed E-state index contributed by atoms with van der Waals surface area (Å²) in [5.74, 6) is 2.65. The number of hydrogen-bond donors (Lipinski definition) is 1. The predicted octanol–water partition coefficient (Wildman–Crippen LogP) is 4.03. The van der Waals surface area contributed by atoms with Gasteiger partial charge in [-0.05, 0) is 18.6 Å². The van der Waals surface area contributed by atoms with Gasteiger partial charge in [0.15, 0.2) is 5.82 Å². The molecule has 1 aromatic heterocycles. The molecule has 0 aliphatic carbocycles. The van der Waals surface area contributed by atoms with E-state index in [9.17, 15) is 0 Å². The lowest BCUT2D eigenvalue weighted by Crippen LogP contribution is -1.98. The lowest BCUT2D eigenvalue weighted by atomic mass is 10.2. The van der Waals surface area contributed by atoms with Gasteiger partial charge in [0.25, 0.3) is 0 Å². The number of rotatable bonds is 7. The van der Waals surface area contributed by atoms with Crippen molar-refractivity contribution in [1.29, 1.82) is 0 Å². The standard InChI is InChI=1S/C17H17N3OS/c1-3-8-14(9-4-1)16-18-17(20-19-16)22-13-7-12-21-15-10-5-2-6-11-15/h1-6,8-11H,7,12-13H2,(H,18,19,20). The number of H-pyrrole nitrogens is 1. The maximum absolute atomic E-state index is 5.66. The molecule has 112 valence electrons. The van der Waals surface area contributed by atoms with Crippen LogP contribution in [0, 0.1) is 0 Å². The average molecular weight is 311 g/mol. The summed E-state index contributed by atoms with van der Waals surface area (Å²) in [6.07, 6.45) is 0.953. The van der Waals surface area contributed by atoms with Crippen LogP contribution in [0.4, 0.5) is 0 Å². The summed E-state index contributed by atoms with van der Waals surface area (Å²) in [4.78, 5) is 4.49. The summed E-state index contributed by atoms with van der Waals surface area (Å²) in [7, 11) is 0. The Morgan fingerprint density at radius 3 is 2.45 bits per heavy atom. The van der Waals surface area contributed by atoms with Crippen LogP contribution in [-0.2, 0) is 0 Å². The van der Waals surface area contributed by atoms with Crippen LogP contribution < -0.4 is 4.74 Å². The van der Waals surface area contributed by atoms with Crippen molar-refractivity contribution in [2.75, 3.05) is 12.4 Å². The van der Waals surface area contributed by atoms with E-state index >= 15 is 0 Å². The first-order valence-corrected chi connectivity index (χ1v) is 8.19. The van der Waals surface area contributed by atoms with E-state index in [2.05, 4.69) is 15.2 Å². The molecule has 0 saturated heterocycles. The molecule has 4 nitrogen and oxygen atoms in total. The predicted molar refractivity (Wildman–Crippen MR) is 89.1 cm³/mol. The molecule has 2 aromatic carbocycles. The van der Waals surface area contributed by atoms with E-state index < -0.39 is 0 Å². The third-order valence-electron chi connectivity index (χ3n) is 3.04. The van der Waals surface area contributed by atoms with Crippen molar-refractivity contribution < 1.29 is 4.74 Å². The van der Waals surface area contributed by atoms with E-state index in [4.69, 9.17) is 4.74 Å². The molecule has 0 amide bonds. The minimum absolute atomic E-state index is 0.701. The van der Waals surface area contributed by atoms with E-state index in [1.165, 1.54) is 0 Å². The third kappa shape index (κ3) is 4.11. The maximum atomic E-state index is 5.66. The second-order valence-electron chi connectivity index (χ2n) is 4.70. The van der Waals surface area contributed by atoms with Gasteiger partial charge in [0, 0.05) is 11.3 Å². The molecule has 0 spiro atoms. The summed E-state index contributed by atoms with van der Waals surface area (Å²) in [5, 5.41) is 7.99. The summed E-state index contributed by atoms with van der Waals surface area (Å²) in [5.41, 5.74) is 1.05. The molecule has 1 N–H and O–H groups in total. The van der Waals surface area contributed by atoms with Crippen LogP contribution in [0.1, 0.15) is 6.42 Å². The fourth-order valence-corrected chi connectivity index (χ4v) is 2.68. The molecule has 0 aliphatic heterocycles. The Kier molecular flexibility index (Phi) is 5.10. The summed E-state index contributed by atoms with van der Waals surface area (Å²) in [6, 6.07) is 19.9. The lowest BCUT2D eigenvalue weighted by Gasteiger charge is -2.04. The topological polar surface area (TPSA) is 50.8 Å². The Balaban J connectivity index is 1.42. The van der Waals surface area contributed by atoms with Gasteiger partial charge in [-0.3, -0.25) is 5.10 Å². The van der Waals surface area contributed by atoms with Crippen molar-refractivity contribution in [3.63, 3.8) is 0 Å². The van der Waals surface area contributed by atoms with Gasteiger partial charge in [-0.15, -0.1) is 5.10 Å². The highest BCUT2D eigenvalue weighted by Crippen LogP contribution is 2.19. The number of aromatic nitrogens is 3. The van der Waals surface area contributed by atoms with E-state index in [-0.39, 0.29) is 0 Å². The first kappa shape index (κ1) is 14.7. The maximum Gasteiger partial charge on any atom is 0.208 e. The van der Waals surface area contributed by atoms with Gasteiger partial charge in [-0.1, -0.05) is 60.3 Å². The van der Waals surface area contributed by atoms with Crippen LogP contribution in [0.5, 0.6) is 5.75 Å². The summed E-state index contributed by atoms with van der Waals surface area (Å²) >= 11 is 1.64. The molecule has 0 atom stereocenters. The smallest absolute Gasteiger partial charge is 0.208 e. The van der Waals surface area contributed by atoms with Crippen molar-refractivity contribution in [2.45, 2.75) is 11.6 Å². The number of ether oxygens (including phenoxy) is 1. The molecule has 0 bridgehead atoms. The minimum atomic E-state index is 0.701. The van der Waals surface area contributed by atoms with Crippen LogP contribution in [0.15, 0.2) is 65.8 Å². The molecule has 5 heteroatoms. The number of hydrogen-bond acceptors (Lipinski definition) is 4. The largest absolute Gasteiger partial charge is 0.494 e. The second kappa shape index (κ2) is 7.66. The van der Waals surface area contributed by atoms with E-state index in [1.807, 2.05) is 60.7 Å². The van der Waals surface area contributed by atoms with Crippen LogP contribution in [0.25, 0.3) is 11.4 Å². The highest BCUT2D eigenvalue weighted by atomic mass is 32.2. The number of para-hydroxylation sites is 1. The molecule has 0 unspecified atom stereocenters. The highest BCUT2D eigenvalue weighted by molar-refractivity contribution is 7.99. The number of nitrogens with one attached hydrogen (secondary N) is 1. The molecule has 3 aromatic rings. The van der Waals surface area contributed by atoms with Crippen LogP contribution in [-0.4, -0.2) is 27.5 Å². The lowest BCUT2D eigenvalue weighted by molar-refractivity contribution is 0.318. The molecular formula is C17H17N3OS. The fourth-order valence-electron chi connectivity index (χ4n) is 1.97. The first-order chi connectivity index (χ1) is 10.9. The third-order valence-corrected chi connectivity index (χ3v) is 3.98. The van der Waals surface area contributed by atoms with Gasteiger partial charge in [-0.25, -0.2) is 4.98 Å². The number of benzene rings is 2. The van der Waals surface area contributed by atoms with Crippen molar-refractivity contribution in [3.8, 4) is 17.1 Å². The number of thioether (sulfide) groups is 1. The molecule has 0 radical (unpaired) electrons. The average Bonchev–Trinajstić information content (AvgIpc) is 3.05. The Bertz CT molecular complexity index is 685. The zero-order chi connectivity index (χ0) is 15.0. The number of nitrogens with zero attached hydrogens (tertiary/aromatic N) is 2. The Hall–Kier alpha value is -2.27. The van der Waals surface area contributed by atoms with Crippen molar-refractivity contribution in [1.82, 2.24) is 15.2 Å². The molecule has 0 fully saturated rings. The van der Waals surface area contributed by atoms with Gasteiger partial charge in [0.2, 0.25) is 5.16 Å². The normalized spacial score (nSPS) is 10.5. The van der Waals surface area contributed by atoms with Crippen LogP contribution in [0.3, 0.4) is 0 Å². The molecular weight excluding hydrogens is 294 g/mol. The molecule has 3 rings (SSSR count). The van der Waals surface area contributed by atoms with E-state index in [1.54, 1.807) is 11.8 Å². The molecule has 22 heavy (non-hydrogen) atoms. The van der Waals surface area contributed by atoms with Gasteiger partial charge >= 0.3 is 0 Å². The summed E-state index contributed by atoms with van der Waals surface area (Å²) < 4.78 is 5.66.